The number of nitrogens with zero attached hydrogens (tertiary/aromatic N) is 2. The molecule has 3 nitrogen and oxygen atoms in total. The minimum absolute atomic E-state index is 0.0537. The van der Waals surface area contributed by atoms with Crippen molar-refractivity contribution in [2.75, 3.05) is 19.6 Å². The second kappa shape index (κ2) is 6.87. The van der Waals surface area contributed by atoms with Crippen molar-refractivity contribution in [3.05, 3.63) is 35.6 Å². The van der Waals surface area contributed by atoms with Crippen molar-refractivity contribution in [1.82, 2.24) is 4.90 Å². The molecular weight excluding hydrogens is 231 g/mol. The van der Waals surface area contributed by atoms with Gasteiger partial charge in [-0.3, -0.25) is 9.69 Å². The molecule has 1 aromatic rings. The van der Waals surface area contributed by atoms with Gasteiger partial charge in [0.1, 0.15) is 5.82 Å². The molecule has 1 atom stereocenters. The molecule has 0 N–H and O–H groups in total. The van der Waals surface area contributed by atoms with Crippen LogP contribution in [0, 0.1) is 23.1 Å². The number of hydrogen-bond acceptors (Lipinski definition) is 3. The van der Waals surface area contributed by atoms with Gasteiger partial charge in [0, 0.05) is 12.1 Å². The quantitative estimate of drug-likeness (QED) is 0.726. The summed E-state index contributed by atoms with van der Waals surface area (Å²) in [6.45, 7) is 5.31. The Bertz CT molecular complexity index is 436. The van der Waals surface area contributed by atoms with E-state index in [1.807, 2.05) is 18.7 Å². The lowest BCUT2D eigenvalue weighted by Crippen LogP contribution is -2.33. The summed E-state index contributed by atoms with van der Waals surface area (Å²) in [4.78, 5) is 13.9. The molecule has 0 fully saturated rings. The Morgan fingerprint density at radius 3 is 2.56 bits per heavy atom. The van der Waals surface area contributed by atoms with Gasteiger partial charge in [-0.25, -0.2) is 4.39 Å². The van der Waals surface area contributed by atoms with Gasteiger partial charge in [-0.2, -0.15) is 5.26 Å². The van der Waals surface area contributed by atoms with Crippen LogP contribution >= 0.6 is 0 Å². The summed E-state index contributed by atoms with van der Waals surface area (Å²) in [6, 6.07) is 7.68. The molecule has 0 aliphatic rings. The summed E-state index contributed by atoms with van der Waals surface area (Å²) in [6.07, 6.45) is 0. The maximum absolute atomic E-state index is 12.7. The van der Waals surface area contributed by atoms with Crippen molar-refractivity contribution in [2.45, 2.75) is 13.8 Å². The highest BCUT2D eigenvalue weighted by Gasteiger charge is 2.13. The molecule has 18 heavy (non-hydrogen) atoms. The molecule has 0 saturated heterocycles. The number of likely N-dealkylation sites (N-methyl/N-ethyl adjacent to an activating group) is 1. The Hall–Kier alpha value is -1.73. The third-order valence-corrected chi connectivity index (χ3v) is 2.73. The van der Waals surface area contributed by atoms with Crippen LogP contribution in [0.3, 0.4) is 0 Å². The molecule has 0 aliphatic heterocycles. The average Bonchev–Trinajstić information content (AvgIpc) is 2.38. The molecule has 0 radical (unpaired) electrons. The van der Waals surface area contributed by atoms with Crippen LogP contribution in [0.1, 0.15) is 24.2 Å². The molecular formula is C14H17FN2O. The predicted octanol–water partition coefficient (Wildman–Crippen LogP) is 2.49. The van der Waals surface area contributed by atoms with Crippen LogP contribution in [0.15, 0.2) is 24.3 Å². The van der Waals surface area contributed by atoms with E-state index in [-0.39, 0.29) is 24.1 Å². The van der Waals surface area contributed by atoms with Gasteiger partial charge in [0.15, 0.2) is 5.78 Å². The van der Waals surface area contributed by atoms with Crippen LogP contribution in [0.2, 0.25) is 0 Å². The maximum Gasteiger partial charge on any atom is 0.176 e. The van der Waals surface area contributed by atoms with Gasteiger partial charge in [0.25, 0.3) is 0 Å². The molecule has 1 rings (SSSR count). The van der Waals surface area contributed by atoms with Crippen molar-refractivity contribution in [2.24, 2.45) is 5.92 Å². The topological polar surface area (TPSA) is 44.1 Å². The maximum atomic E-state index is 12.7. The van der Waals surface area contributed by atoms with Gasteiger partial charge < -0.3 is 0 Å². The highest BCUT2D eigenvalue weighted by molar-refractivity contribution is 5.97. The molecule has 1 unspecified atom stereocenters. The lowest BCUT2D eigenvalue weighted by atomic mass is 10.1. The smallest absolute Gasteiger partial charge is 0.176 e. The Morgan fingerprint density at radius 2 is 2.06 bits per heavy atom. The van der Waals surface area contributed by atoms with Crippen molar-refractivity contribution in [3.8, 4) is 6.07 Å². The molecule has 0 bridgehead atoms. The summed E-state index contributed by atoms with van der Waals surface area (Å²) >= 11 is 0. The highest BCUT2D eigenvalue weighted by Crippen LogP contribution is 2.06. The predicted molar refractivity (Wildman–Crippen MR) is 67.6 cm³/mol. The minimum Gasteiger partial charge on any atom is -0.295 e. The zero-order chi connectivity index (χ0) is 13.5. The lowest BCUT2D eigenvalue weighted by molar-refractivity contribution is 0.0929. The van der Waals surface area contributed by atoms with Crippen LogP contribution in [-0.2, 0) is 0 Å². The molecule has 4 heteroatoms. The zero-order valence-electron chi connectivity index (χ0n) is 10.7. The molecule has 0 saturated carbocycles. The molecule has 0 spiro atoms. The number of carbonyl (C=O) groups is 1. The standard InChI is InChI=1S/C14H17FN2O/c1-3-17(9-11(2)8-16)10-14(18)12-4-6-13(15)7-5-12/h4-7,11H,3,9-10H2,1-2H3. The monoisotopic (exact) mass is 248 g/mol. The highest BCUT2D eigenvalue weighted by atomic mass is 19.1. The summed E-state index contributed by atoms with van der Waals surface area (Å²) < 4.78 is 12.7. The minimum atomic E-state index is -0.350. The van der Waals surface area contributed by atoms with E-state index in [0.29, 0.717) is 18.7 Å². The Balaban J connectivity index is 2.62. The fourth-order valence-electron chi connectivity index (χ4n) is 1.66. The van der Waals surface area contributed by atoms with E-state index in [2.05, 4.69) is 6.07 Å². The van der Waals surface area contributed by atoms with Gasteiger partial charge in [-0.05, 0) is 37.7 Å². The Morgan fingerprint density at radius 1 is 1.44 bits per heavy atom. The van der Waals surface area contributed by atoms with E-state index in [1.54, 1.807) is 0 Å². The van der Waals surface area contributed by atoms with E-state index in [0.717, 1.165) is 0 Å². The molecule has 0 aromatic heterocycles. The van der Waals surface area contributed by atoms with Crippen molar-refractivity contribution in [1.29, 1.82) is 5.26 Å². The SMILES string of the molecule is CCN(CC(=O)c1ccc(F)cc1)CC(C)C#N. The first-order valence-corrected chi connectivity index (χ1v) is 5.97. The molecule has 0 amide bonds. The fourth-order valence-corrected chi connectivity index (χ4v) is 1.66. The first-order valence-electron chi connectivity index (χ1n) is 5.97. The number of ketones is 1. The third-order valence-electron chi connectivity index (χ3n) is 2.73. The van der Waals surface area contributed by atoms with Crippen molar-refractivity contribution >= 4 is 5.78 Å². The molecule has 0 aliphatic carbocycles. The van der Waals surface area contributed by atoms with Gasteiger partial charge in [-0.15, -0.1) is 0 Å². The normalized spacial score (nSPS) is 12.2. The summed E-state index contributed by atoms with van der Waals surface area (Å²) in [7, 11) is 0. The lowest BCUT2D eigenvalue weighted by Gasteiger charge is -2.20. The number of rotatable bonds is 6. The Labute approximate surface area is 107 Å². The first kappa shape index (κ1) is 14.3. The van der Waals surface area contributed by atoms with Gasteiger partial charge in [-0.1, -0.05) is 6.92 Å². The molecule has 0 heterocycles. The van der Waals surface area contributed by atoms with Crippen LogP contribution in [-0.4, -0.2) is 30.3 Å². The third kappa shape index (κ3) is 4.27. The Kier molecular flexibility index (Phi) is 5.47. The first-order chi connectivity index (χ1) is 8.56. The number of hydrogen-bond donors (Lipinski definition) is 0. The zero-order valence-corrected chi connectivity index (χ0v) is 10.7. The van der Waals surface area contributed by atoms with E-state index >= 15 is 0 Å². The number of nitriles is 1. The fraction of sp³-hybridized carbons (Fsp3) is 0.429. The summed E-state index contributed by atoms with van der Waals surface area (Å²) in [5.74, 6) is -0.509. The molecule has 96 valence electrons. The van der Waals surface area contributed by atoms with E-state index < -0.39 is 0 Å². The van der Waals surface area contributed by atoms with E-state index in [4.69, 9.17) is 5.26 Å². The van der Waals surface area contributed by atoms with Crippen LogP contribution in [0.5, 0.6) is 0 Å². The molecule has 1 aromatic carbocycles. The largest absolute Gasteiger partial charge is 0.295 e. The second-order valence-corrected chi connectivity index (χ2v) is 4.29. The van der Waals surface area contributed by atoms with Crippen LogP contribution < -0.4 is 0 Å². The van der Waals surface area contributed by atoms with Crippen molar-refractivity contribution < 1.29 is 9.18 Å². The summed E-state index contributed by atoms with van der Waals surface area (Å²) in [5.41, 5.74) is 0.500. The number of Topliss-reactive ketones (excluding diaryl/α,β-unsaturated/α-hetero) is 1. The number of benzene rings is 1. The van der Waals surface area contributed by atoms with E-state index in [9.17, 15) is 9.18 Å². The summed E-state index contributed by atoms with van der Waals surface area (Å²) in [5, 5.41) is 8.76. The van der Waals surface area contributed by atoms with Gasteiger partial charge in [0.05, 0.1) is 18.5 Å². The average molecular weight is 248 g/mol. The van der Waals surface area contributed by atoms with Crippen LogP contribution in [0.25, 0.3) is 0 Å². The van der Waals surface area contributed by atoms with Crippen LogP contribution in [0.4, 0.5) is 4.39 Å². The van der Waals surface area contributed by atoms with Crippen molar-refractivity contribution in [3.63, 3.8) is 0 Å². The number of carbonyl (C=O) groups excluding carboxylic acids is 1. The number of halogens is 1. The second-order valence-electron chi connectivity index (χ2n) is 4.29. The van der Waals surface area contributed by atoms with E-state index in [1.165, 1.54) is 24.3 Å². The van der Waals surface area contributed by atoms with Gasteiger partial charge in [0.2, 0.25) is 0 Å². The van der Waals surface area contributed by atoms with Gasteiger partial charge >= 0.3 is 0 Å².